The van der Waals surface area contributed by atoms with E-state index in [1.807, 2.05) is 6.92 Å². The zero-order valence-electron chi connectivity index (χ0n) is 23.9. The molecule has 1 aromatic heterocycles. The van der Waals surface area contributed by atoms with Gasteiger partial charge in [-0.05, 0) is 84.7 Å². The number of ketones is 1. The second kappa shape index (κ2) is 12.4. The van der Waals surface area contributed by atoms with E-state index in [0.29, 0.717) is 39.2 Å². The highest BCUT2D eigenvalue weighted by Crippen LogP contribution is 2.35. The van der Waals surface area contributed by atoms with Crippen molar-refractivity contribution in [1.29, 1.82) is 0 Å². The van der Waals surface area contributed by atoms with E-state index in [0.717, 1.165) is 11.6 Å². The lowest BCUT2D eigenvalue weighted by atomic mass is 10.0. The molecule has 0 radical (unpaired) electrons. The first-order chi connectivity index (χ1) is 20.0. The number of rotatable bonds is 10. The average Bonchev–Trinajstić information content (AvgIpc) is 3.37. The fourth-order valence-electron chi connectivity index (χ4n) is 4.97. The number of halogens is 3. The third-order valence-corrected chi connectivity index (χ3v) is 11.6. The number of thiophene rings is 1. The van der Waals surface area contributed by atoms with Crippen molar-refractivity contribution >= 4 is 37.0 Å². The van der Waals surface area contributed by atoms with E-state index in [2.05, 4.69) is 0 Å². The van der Waals surface area contributed by atoms with Gasteiger partial charge in [-0.1, -0.05) is 54.1 Å². The van der Waals surface area contributed by atoms with Crippen LogP contribution in [0.5, 0.6) is 0 Å². The smallest absolute Gasteiger partial charge is 0.299 e. The van der Waals surface area contributed by atoms with Gasteiger partial charge in [-0.3, -0.25) is 4.79 Å². The summed E-state index contributed by atoms with van der Waals surface area (Å²) in [6, 6.07) is 17.5. The van der Waals surface area contributed by atoms with Crippen molar-refractivity contribution in [3.8, 4) is 11.1 Å². The van der Waals surface area contributed by atoms with Crippen molar-refractivity contribution < 1.29 is 34.8 Å². The number of benzene rings is 3. The summed E-state index contributed by atoms with van der Waals surface area (Å²) in [6.07, 6.45) is -4.53. The highest BCUT2D eigenvalue weighted by molar-refractivity contribution is 7.92. The molecule has 12 heteroatoms. The molecule has 0 aliphatic rings. The Morgan fingerprint density at radius 1 is 0.814 bits per heavy atom. The molecule has 0 aliphatic heterocycles. The predicted molar refractivity (Wildman–Crippen MR) is 161 cm³/mol. The minimum atomic E-state index is -4.53. The molecule has 43 heavy (non-hydrogen) atoms. The molecular weight excluding hydrogens is 620 g/mol. The van der Waals surface area contributed by atoms with E-state index < -0.39 is 42.5 Å². The zero-order valence-corrected chi connectivity index (χ0v) is 26.3. The Bertz CT molecular complexity index is 1860. The molecular formula is C31H30F3NO5S3. The van der Waals surface area contributed by atoms with Crippen molar-refractivity contribution in [3.63, 3.8) is 0 Å². The quantitative estimate of drug-likeness (QED) is 0.183. The van der Waals surface area contributed by atoms with Gasteiger partial charge in [-0.25, -0.2) is 16.8 Å². The third kappa shape index (κ3) is 7.61. The lowest BCUT2D eigenvalue weighted by Crippen LogP contribution is -2.31. The summed E-state index contributed by atoms with van der Waals surface area (Å²) in [4.78, 5) is 10.7. The van der Waals surface area contributed by atoms with Gasteiger partial charge >= 0.3 is 6.18 Å². The van der Waals surface area contributed by atoms with E-state index in [4.69, 9.17) is 0 Å². The number of Topliss-reactive ketones (excluding diaryl/α,β-unsaturated/α-hetero) is 1. The summed E-state index contributed by atoms with van der Waals surface area (Å²) in [5, 5.41) is 1.32. The van der Waals surface area contributed by atoms with Gasteiger partial charge in [-0.15, -0.1) is 11.3 Å². The molecule has 3 aromatic carbocycles. The van der Waals surface area contributed by atoms with E-state index in [1.165, 1.54) is 28.7 Å². The topological polar surface area (TPSA) is 88.6 Å². The number of sulfone groups is 1. The van der Waals surface area contributed by atoms with Crippen LogP contribution in [0.1, 0.15) is 39.6 Å². The molecule has 6 nitrogen and oxygen atoms in total. The van der Waals surface area contributed by atoms with Crippen LogP contribution >= 0.6 is 11.3 Å². The van der Waals surface area contributed by atoms with E-state index in [-0.39, 0.29) is 28.4 Å². The standard InChI is InChI=1S/C31H30F3NO5S3/c1-20-12-21(2)30(22(3)13-20)43(39,40)35(17-25-14-29(41-18-25)31(32,33)34)16-24-8-10-26(11-9-24)27-6-5-7-28(15-27)42(37,38)19-23(4)36/h5-15,18H,16-17,19H2,1-4H3. The molecule has 0 saturated heterocycles. The summed E-state index contributed by atoms with van der Waals surface area (Å²) in [5.41, 5.74) is 4.03. The summed E-state index contributed by atoms with van der Waals surface area (Å²) in [7, 11) is -7.93. The van der Waals surface area contributed by atoms with Crippen molar-refractivity contribution in [2.45, 2.75) is 56.8 Å². The van der Waals surface area contributed by atoms with Crippen molar-refractivity contribution in [3.05, 3.63) is 105 Å². The second-order valence-electron chi connectivity index (χ2n) is 10.5. The van der Waals surface area contributed by atoms with E-state index in [9.17, 15) is 34.8 Å². The average molecular weight is 650 g/mol. The maximum absolute atomic E-state index is 14.0. The second-order valence-corrected chi connectivity index (χ2v) is 15.3. The number of sulfonamides is 1. The van der Waals surface area contributed by atoms with Crippen molar-refractivity contribution in [2.24, 2.45) is 0 Å². The predicted octanol–water partition coefficient (Wildman–Crippen LogP) is 7.11. The highest BCUT2D eigenvalue weighted by atomic mass is 32.2. The van der Waals surface area contributed by atoms with E-state index >= 15 is 0 Å². The van der Waals surface area contributed by atoms with Gasteiger partial charge in [-0.2, -0.15) is 17.5 Å². The highest BCUT2D eigenvalue weighted by Gasteiger charge is 2.34. The van der Waals surface area contributed by atoms with Crippen molar-refractivity contribution in [2.75, 3.05) is 5.75 Å². The van der Waals surface area contributed by atoms with Crippen LogP contribution < -0.4 is 0 Å². The van der Waals surface area contributed by atoms with Crippen LogP contribution in [0, 0.1) is 20.8 Å². The Kier molecular flexibility index (Phi) is 9.36. The van der Waals surface area contributed by atoms with Crippen LogP contribution in [0.3, 0.4) is 0 Å². The molecule has 4 aromatic rings. The first-order valence-corrected chi connectivity index (χ1v) is 17.1. The molecule has 0 spiro atoms. The number of alkyl halides is 3. The Morgan fingerprint density at radius 2 is 1.42 bits per heavy atom. The summed E-state index contributed by atoms with van der Waals surface area (Å²) < 4.78 is 94.1. The molecule has 0 fully saturated rings. The van der Waals surface area contributed by atoms with Gasteiger partial charge in [0.05, 0.1) is 9.79 Å². The molecule has 0 aliphatic carbocycles. The number of aryl methyl sites for hydroxylation is 3. The molecule has 4 rings (SSSR count). The maximum Gasteiger partial charge on any atom is 0.425 e. The molecule has 0 bridgehead atoms. The van der Waals surface area contributed by atoms with Crippen LogP contribution in [0.4, 0.5) is 13.2 Å². The van der Waals surface area contributed by atoms with Crippen molar-refractivity contribution in [1.82, 2.24) is 4.31 Å². The summed E-state index contributed by atoms with van der Waals surface area (Å²) >= 11 is 0.517. The van der Waals surface area contributed by atoms with Crippen LogP contribution in [-0.2, 0) is 43.9 Å². The Hall–Kier alpha value is -3.32. The van der Waals surface area contributed by atoms with Gasteiger partial charge in [0.1, 0.15) is 16.4 Å². The summed E-state index contributed by atoms with van der Waals surface area (Å²) in [5.74, 6) is -1.07. The normalized spacial score (nSPS) is 12.6. The number of carbonyl (C=O) groups is 1. The van der Waals surface area contributed by atoms with Gasteiger partial charge < -0.3 is 0 Å². The Morgan fingerprint density at radius 3 is 1.98 bits per heavy atom. The molecule has 0 N–H and O–H groups in total. The molecule has 1 heterocycles. The molecule has 0 saturated carbocycles. The number of nitrogens with zero attached hydrogens (tertiary/aromatic N) is 1. The fraction of sp³-hybridized carbons (Fsp3) is 0.258. The maximum atomic E-state index is 14.0. The fourth-order valence-corrected chi connectivity index (χ4v) is 8.86. The SMILES string of the molecule is CC(=O)CS(=O)(=O)c1cccc(-c2ccc(CN(Cc3csc(C(F)(F)F)c3)S(=O)(=O)c3c(C)cc(C)cc3C)cc2)c1. The molecule has 228 valence electrons. The zero-order chi connectivity index (χ0) is 31.7. The van der Waals surface area contributed by atoms with Crippen LogP contribution in [0.15, 0.2) is 81.9 Å². The van der Waals surface area contributed by atoms with Gasteiger partial charge in [0, 0.05) is 13.1 Å². The molecule has 0 unspecified atom stereocenters. The summed E-state index contributed by atoms with van der Waals surface area (Å²) in [6.45, 7) is 6.07. The monoisotopic (exact) mass is 649 g/mol. The van der Waals surface area contributed by atoms with Gasteiger partial charge in [0.15, 0.2) is 9.84 Å². The molecule has 0 atom stereocenters. The van der Waals surface area contributed by atoms with Crippen LogP contribution in [-0.4, -0.2) is 32.7 Å². The lowest BCUT2D eigenvalue weighted by Gasteiger charge is -2.24. The Labute approximate surface area is 253 Å². The van der Waals surface area contributed by atoms with Crippen LogP contribution in [0.25, 0.3) is 11.1 Å². The first-order valence-electron chi connectivity index (χ1n) is 13.1. The Balaban J connectivity index is 1.69. The minimum Gasteiger partial charge on any atom is -0.299 e. The number of hydrogen-bond acceptors (Lipinski definition) is 6. The number of hydrogen-bond donors (Lipinski definition) is 0. The largest absolute Gasteiger partial charge is 0.425 e. The molecule has 0 amide bonds. The lowest BCUT2D eigenvalue weighted by molar-refractivity contribution is -0.134. The van der Waals surface area contributed by atoms with Gasteiger partial charge in [0.2, 0.25) is 10.0 Å². The van der Waals surface area contributed by atoms with Gasteiger partial charge in [0.25, 0.3) is 0 Å². The van der Waals surface area contributed by atoms with E-state index in [1.54, 1.807) is 62.4 Å². The van der Waals surface area contributed by atoms with Crippen LogP contribution in [0.2, 0.25) is 0 Å². The third-order valence-electron chi connectivity index (χ3n) is 6.73. The minimum absolute atomic E-state index is 0.0133. The first kappa shape index (κ1) is 32.6. The number of carbonyl (C=O) groups excluding carboxylic acids is 1.